The van der Waals surface area contributed by atoms with E-state index in [2.05, 4.69) is 15.6 Å². The number of hydrogen-bond acceptors (Lipinski definition) is 4. The lowest BCUT2D eigenvalue weighted by atomic mass is 10.2. The number of guanidine groups is 1. The maximum Gasteiger partial charge on any atom is 0.191 e. The van der Waals surface area contributed by atoms with E-state index >= 15 is 0 Å². The molecule has 0 saturated carbocycles. The Labute approximate surface area is 183 Å². The minimum atomic E-state index is -0.522. The second-order valence-corrected chi connectivity index (χ2v) is 6.46. The first-order chi connectivity index (χ1) is 13.2. The molecule has 0 spiro atoms. The highest BCUT2D eigenvalue weighted by Gasteiger charge is 2.27. The molecule has 1 aromatic carbocycles. The third-order valence-electron chi connectivity index (χ3n) is 4.45. The lowest BCUT2D eigenvalue weighted by Gasteiger charge is -2.21. The highest BCUT2D eigenvalue weighted by molar-refractivity contribution is 14.0. The Morgan fingerprint density at radius 2 is 1.96 bits per heavy atom. The van der Waals surface area contributed by atoms with E-state index in [4.69, 9.17) is 9.47 Å². The summed E-state index contributed by atoms with van der Waals surface area (Å²) in [5.41, 5.74) is 0.0539. The van der Waals surface area contributed by atoms with Gasteiger partial charge in [0.05, 0.1) is 13.2 Å². The van der Waals surface area contributed by atoms with Crippen LogP contribution in [-0.2, 0) is 9.47 Å². The number of methoxy groups -OCH3 is 1. The maximum atomic E-state index is 13.9. The molecule has 1 fully saturated rings. The van der Waals surface area contributed by atoms with E-state index in [0.29, 0.717) is 38.9 Å². The van der Waals surface area contributed by atoms with Crippen molar-refractivity contribution in [2.45, 2.75) is 25.3 Å². The smallest absolute Gasteiger partial charge is 0.191 e. The summed E-state index contributed by atoms with van der Waals surface area (Å²) in [5.74, 6) is -0.340. The Morgan fingerprint density at radius 1 is 1.21 bits per heavy atom. The number of unbranched alkanes of at least 4 members (excludes halogenated alkanes) is 1. The molecule has 1 heterocycles. The SMILES string of the molecule is CN=C(NCCCCOCCOC)NC1CCN(c2c(F)cccc2F)C1.I. The second kappa shape index (κ2) is 13.9. The van der Waals surface area contributed by atoms with Crippen LogP contribution in [0.2, 0.25) is 0 Å². The molecule has 0 aromatic heterocycles. The fourth-order valence-electron chi connectivity index (χ4n) is 3.04. The van der Waals surface area contributed by atoms with Crippen molar-refractivity contribution in [1.82, 2.24) is 10.6 Å². The molecule has 0 aliphatic carbocycles. The summed E-state index contributed by atoms with van der Waals surface area (Å²) >= 11 is 0. The summed E-state index contributed by atoms with van der Waals surface area (Å²) in [5, 5.41) is 6.60. The van der Waals surface area contributed by atoms with Crippen LogP contribution in [0.15, 0.2) is 23.2 Å². The average Bonchev–Trinajstić information content (AvgIpc) is 3.10. The summed E-state index contributed by atoms with van der Waals surface area (Å²) in [6, 6.07) is 4.05. The number of ether oxygens (including phenoxy) is 2. The molecule has 1 aliphatic heterocycles. The summed E-state index contributed by atoms with van der Waals surface area (Å²) in [4.78, 5) is 5.97. The fraction of sp³-hybridized carbons (Fsp3) is 0.632. The van der Waals surface area contributed by atoms with Gasteiger partial charge >= 0.3 is 0 Å². The van der Waals surface area contributed by atoms with Crippen LogP contribution in [0, 0.1) is 11.6 Å². The Balaban J connectivity index is 0.00000392. The number of aliphatic imine (C=N–C) groups is 1. The first-order valence-electron chi connectivity index (χ1n) is 9.38. The van der Waals surface area contributed by atoms with Crippen molar-refractivity contribution in [3.8, 4) is 0 Å². The van der Waals surface area contributed by atoms with Gasteiger partial charge in [-0.05, 0) is 31.4 Å². The first-order valence-corrected chi connectivity index (χ1v) is 9.38. The zero-order valence-corrected chi connectivity index (χ0v) is 18.9. The van der Waals surface area contributed by atoms with Crippen molar-refractivity contribution >= 4 is 35.6 Å². The molecule has 1 atom stereocenters. The monoisotopic (exact) mass is 512 g/mol. The number of rotatable bonds is 10. The molecule has 1 aromatic rings. The first kappa shape index (κ1) is 24.8. The van der Waals surface area contributed by atoms with Crippen LogP contribution in [0.3, 0.4) is 0 Å². The van der Waals surface area contributed by atoms with Gasteiger partial charge in [0, 0.05) is 46.4 Å². The molecule has 0 bridgehead atoms. The van der Waals surface area contributed by atoms with Crippen LogP contribution in [0.4, 0.5) is 14.5 Å². The van der Waals surface area contributed by atoms with Crippen LogP contribution >= 0.6 is 24.0 Å². The van der Waals surface area contributed by atoms with Gasteiger partial charge in [0.1, 0.15) is 17.3 Å². The van der Waals surface area contributed by atoms with Crippen LogP contribution in [0.5, 0.6) is 0 Å². The topological polar surface area (TPSA) is 58.1 Å². The van der Waals surface area contributed by atoms with Gasteiger partial charge in [-0.15, -0.1) is 24.0 Å². The molecule has 0 amide bonds. The number of halogens is 3. The molecule has 6 nitrogen and oxygen atoms in total. The molecule has 160 valence electrons. The van der Waals surface area contributed by atoms with Crippen LogP contribution in [-0.4, -0.2) is 65.6 Å². The third kappa shape index (κ3) is 8.04. The highest BCUT2D eigenvalue weighted by atomic mass is 127. The average molecular weight is 512 g/mol. The summed E-state index contributed by atoms with van der Waals surface area (Å²) in [6.45, 7) is 3.86. The number of para-hydroxylation sites is 1. The van der Waals surface area contributed by atoms with Gasteiger partial charge in [0.2, 0.25) is 0 Å². The van der Waals surface area contributed by atoms with E-state index < -0.39 is 11.6 Å². The quantitative estimate of drug-likeness (QED) is 0.219. The Hall–Kier alpha value is -1.20. The van der Waals surface area contributed by atoms with Crippen molar-refractivity contribution in [1.29, 1.82) is 0 Å². The number of hydrogen-bond donors (Lipinski definition) is 2. The van der Waals surface area contributed by atoms with Crippen molar-refractivity contribution in [3.63, 3.8) is 0 Å². The maximum absolute atomic E-state index is 13.9. The van der Waals surface area contributed by atoms with Gasteiger partial charge in [0.15, 0.2) is 5.96 Å². The third-order valence-corrected chi connectivity index (χ3v) is 4.45. The van der Waals surface area contributed by atoms with Crippen LogP contribution in [0.25, 0.3) is 0 Å². The zero-order chi connectivity index (χ0) is 19.5. The molecule has 28 heavy (non-hydrogen) atoms. The van der Waals surface area contributed by atoms with E-state index in [1.807, 2.05) is 0 Å². The molecular weight excluding hydrogens is 481 g/mol. The standard InChI is InChI=1S/C19H30F2N4O2.HI/c1-22-19(23-9-3-4-11-27-13-12-26-2)24-15-8-10-25(14-15)18-16(20)6-5-7-17(18)21;/h5-7,15H,3-4,8-14H2,1-2H3,(H2,22,23,24);1H. The van der Waals surface area contributed by atoms with Gasteiger partial charge in [-0.25, -0.2) is 8.78 Å². The molecule has 0 radical (unpaired) electrons. The molecule has 2 N–H and O–H groups in total. The second-order valence-electron chi connectivity index (χ2n) is 6.46. The lowest BCUT2D eigenvalue weighted by molar-refractivity contribution is 0.0689. The van der Waals surface area contributed by atoms with Crippen molar-refractivity contribution in [2.75, 3.05) is 58.5 Å². The molecule has 1 aliphatic rings. The van der Waals surface area contributed by atoms with E-state index in [1.54, 1.807) is 19.1 Å². The Kier molecular flexibility index (Phi) is 12.3. The fourth-order valence-corrected chi connectivity index (χ4v) is 3.04. The van der Waals surface area contributed by atoms with Gasteiger partial charge in [-0.3, -0.25) is 4.99 Å². The minimum absolute atomic E-state index is 0. The van der Waals surface area contributed by atoms with Gasteiger partial charge in [-0.1, -0.05) is 6.07 Å². The van der Waals surface area contributed by atoms with Gasteiger partial charge in [-0.2, -0.15) is 0 Å². The van der Waals surface area contributed by atoms with Crippen LogP contribution < -0.4 is 15.5 Å². The highest BCUT2D eigenvalue weighted by Crippen LogP contribution is 2.26. The summed E-state index contributed by atoms with van der Waals surface area (Å²) in [7, 11) is 3.37. The largest absolute Gasteiger partial charge is 0.382 e. The van der Waals surface area contributed by atoms with Crippen molar-refractivity contribution in [2.24, 2.45) is 4.99 Å². The van der Waals surface area contributed by atoms with E-state index in [0.717, 1.165) is 25.8 Å². The normalized spacial score (nSPS) is 16.8. The molecule has 9 heteroatoms. The van der Waals surface area contributed by atoms with Crippen molar-refractivity contribution < 1.29 is 18.3 Å². The van der Waals surface area contributed by atoms with Crippen molar-refractivity contribution in [3.05, 3.63) is 29.8 Å². The van der Waals surface area contributed by atoms with Gasteiger partial charge < -0.3 is 25.0 Å². The zero-order valence-electron chi connectivity index (χ0n) is 16.5. The number of benzene rings is 1. The number of nitrogens with one attached hydrogen (secondary N) is 2. The number of anilines is 1. The predicted octanol–water partition coefficient (Wildman–Crippen LogP) is 2.77. The van der Waals surface area contributed by atoms with E-state index in [-0.39, 0.29) is 35.7 Å². The lowest BCUT2D eigenvalue weighted by Crippen LogP contribution is -2.45. The molecular formula is C19H31F2IN4O2. The molecule has 2 rings (SSSR count). The Morgan fingerprint density at radius 3 is 2.64 bits per heavy atom. The summed E-state index contributed by atoms with van der Waals surface area (Å²) < 4.78 is 38.2. The predicted molar refractivity (Wildman–Crippen MR) is 119 cm³/mol. The summed E-state index contributed by atoms with van der Waals surface area (Å²) in [6.07, 6.45) is 2.71. The van der Waals surface area contributed by atoms with Crippen LogP contribution in [0.1, 0.15) is 19.3 Å². The van der Waals surface area contributed by atoms with Gasteiger partial charge in [0.25, 0.3) is 0 Å². The van der Waals surface area contributed by atoms with E-state index in [9.17, 15) is 8.78 Å². The number of nitrogens with zero attached hydrogens (tertiary/aromatic N) is 2. The Bertz CT molecular complexity index is 587. The molecule has 1 unspecified atom stereocenters. The molecule has 1 saturated heterocycles. The minimum Gasteiger partial charge on any atom is -0.382 e. The van der Waals surface area contributed by atoms with E-state index in [1.165, 1.54) is 18.2 Å².